The Labute approximate surface area is 209 Å². The van der Waals surface area contributed by atoms with Crippen molar-refractivity contribution in [3.63, 3.8) is 0 Å². The molecule has 1 aliphatic rings. The number of fused-ring (bicyclic) bond motifs is 1. The lowest BCUT2D eigenvalue weighted by atomic mass is 10.2. The highest BCUT2D eigenvalue weighted by molar-refractivity contribution is 7.93. The monoisotopic (exact) mass is 531 g/mol. The Morgan fingerprint density at radius 1 is 0.861 bits per heavy atom. The Bertz CT molecular complexity index is 1440. The molecule has 1 aliphatic heterocycles. The van der Waals surface area contributed by atoms with E-state index in [0.717, 1.165) is 4.31 Å². The lowest BCUT2D eigenvalue weighted by molar-refractivity contribution is -0.114. The van der Waals surface area contributed by atoms with Crippen LogP contribution in [0.1, 0.15) is 6.92 Å². The van der Waals surface area contributed by atoms with Crippen LogP contribution in [-0.4, -0.2) is 48.3 Å². The lowest BCUT2D eigenvalue weighted by Gasteiger charge is -2.25. The van der Waals surface area contributed by atoms with Crippen LogP contribution in [0.3, 0.4) is 0 Å². The highest BCUT2D eigenvalue weighted by atomic mass is 32.2. The molecule has 0 saturated heterocycles. The Kier molecular flexibility index (Phi) is 7.36. The number of carbonyl (C=O) groups excluding carboxylic acids is 1. The molecule has 3 aromatic carbocycles. The van der Waals surface area contributed by atoms with Gasteiger partial charge in [0.1, 0.15) is 19.8 Å². The van der Waals surface area contributed by atoms with E-state index in [1.165, 1.54) is 37.3 Å². The molecule has 12 heteroatoms. The van der Waals surface area contributed by atoms with Crippen LogP contribution in [0.5, 0.6) is 11.5 Å². The first-order valence-corrected chi connectivity index (χ1v) is 14.1. The van der Waals surface area contributed by atoms with E-state index in [-0.39, 0.29) is 16.3 Å². The zero-order valence-corrected chi connectivity index (χ0v) is 21.0. The van der Waals surface area contributed by atoms with E-state index in [2.05, 4.69) is 10.0 Å². The number of nitrogens with one attached hydrogen (secondary N) is 2. The summed E-state index contributed by atoms with van der Waals surface area (Å²) in [5.74, 6) is 0.0896. The van der Waals surface area contributed by atoms with Crippen LogP contribution in [0.25, 0.3) is 0 Å². The highest BCUT2D eigenvalue weighted by Crippen LogP contribution is 2.35. The molecular weight excluding hydrogens is 506 g/mol. The quantitative estimate of drug-likeness (QED) is 0.434. The van der Waals surface area contributed by atoms with Gasteiger partial charge in [-0.25, -0.2) is 16.8 Å². The molecule has 0 spiro atoms. The molecule has 36 heavy (non-hydrogen) atoms. The summed E-state index contributed by atoms with van der Waals surface area (Å²) in [5.41, 5.74) is 1.01. The molecule has 10 nitrogen and oxygen atoms in total. The number of anilines is 3. The van der Waals surface area contributed by atoms with Crippen molar-refractivity contribution in [3.05, 3.63) is 72.8 Å². The maximum absolute atomic E-state index is 12.8. The molecule has 190 valence electrons. The first-order valence-electron chi connectivity index (χ1n) is 11.1. The first-order chi connectivity index (χ1) is 17.2. The molecule has 0 bridgehead atoms. The third-order valence-corrected chi connectivity index (χ3v) is 8.41. The van der Waals surface area contributed by atoms with Crippen molar-refractivity contribution in [3.8, 4) is 11.5 Å². The maximum atomic E-state index is 12.8. The minimum absolute atomic E-state index is 0.0100. The number of rotatable bonds is 9. The predicted molar refractivity (Wildman–Crippen MR) is 137 cm³/mol. The summed E-state index contributed by atoms with van der Waals surface area (Å²) in [6.45, 7) is 1.74. The van der Waals surface area contributed by atoms with E-state index in [1.807, 2.05) is 0 Å². The normalized spacial score (nSPS) is 13.0. The third-order valence-electron chi connectivity index (χ3n) is 5.28. The Morgan fingerprint density at radius 2 is 1.53 bits per heavy atom. The maximum Gasteiger partial charge on any atom is 0.261 e. The van der Waals surface area contributed by atoms with Gasteiger partial charge in [-0.2, -0.15) is 0 Å². The van der Waals surface area contributed by atoms with Crippen LogP contribution in [0, 0.1) is 0 Å². The van der Waals surface area contributed by atoms with Crippen LogP contribution < -0.4 is 23.8 Å². The van der Waals surface area contributed by atoms with Gasteiger partial charge in [0.25, 0.3) is 10.0 Å². The minimum atomic E-state index is -3.82. The van der Waals surface area contributed by atoms with E-state index in [9.17, 15) is 21.6 Å². The van der Waals surface area contributed by atoms with Gasteiger partial charge < -0.3 is 14.8 Å². The molecule has 0 atom stereocenters. The van der Waals surface area contributed by atoms with E-state index in [0.29, 0.717) is 36.1 Å². The Morgan fingerprint density at radius 3 is 2.19 bits per heavy atom. The van der Waals surface area contributed by atoms with Crippen molar-refractivity contribution in [2.45, 2.75) is 11.8 Å². The number of hydrogen-bond donors (Lipinski definition) is 2. The van der Waals surface area contributed by atoms with Gasteiger partial charge in [0.15, 0.2) is 11.5 Å². The van der Waals surface area contributed by atoms with Gasteiger partial charge in [-0.3, -0.25) is 13.8 Å². The number of benzene rings is 3. The number of ether oxygens (including phenoxy) is 2. The zero-order chi connectivity index (χ0) is 25.8. The topological polar surface area (TPSA) is 131 Å². The van der Waals surface area contributed by atoms with E-state index < -0.39 is 32.5 Å². The molecule has 2 N–H and O–H groups in total. The van der Waals surface area contributed by atoms with Crippen LogP contribution in [0.15, 0.2) is 77.7 Å². The number of para-hydroxylation sites is 1. The van der Waals surface area contributed by atoms with Crippen LogP contribution in [-0.2, 0) is 24.8 Å². The Hall–Kier alpha value is -3.77. The second-order valence-electron chi connectivity index (χ2n) is 7.78. The van der Waals surface area contributed by atoms with Gasteiger partial charge in [0.2, 0.25) is 15.9 Å². The third kappa shape index (κ3) is 5.89. The number of carbonyl (C=O) groups is 1. The molecule has 0 fully saturated rings. The molecule has 0 saturated carbocycles. The SMILES string of the molecule is CCS(=O)(=O)N(CC(=O)Nc1ccc(S(=O)(=O)Nc2ccccc2)cc1)c1ccc2c(c1)OCCO2. The second kappa shape index (κ2) is 10.5. The minimum Gasteiger partial charge on any atom is -0.486 e. The van der Waals surface area contributed by atoms with E-state index in [1.54, 1.807) is 42.5 Å². The summed E-state index contributed by atoms with van der Waals surface area (Å²) in [7, 11) is -7.61. The number of nitrogens with zero attached hydrogens (tertiary/aromatic N) is 1. The van der Waals surface area contributed by atoms with Crippen molar-refractivity contribution in [2.24, 2.45) is 0 Å². The van der Waals surface area contributed by atoms with Crippen LogP contribution >= 0.6 is 0 Å². The molecule has 0 radical (unpaired) electrons. The van der Waals surface area contributed by atoms with Crippen molar-refractivity contribution < 1.29 is 31.1 Å². The average Bonchev–Trinajstić information content (AvgIpc) is 2.87. The fourth-order valence-corrected chi connectivity index (χ4v) is 5.58. The molecule has 0 unspecified atom stereocenters. The second-order valence-corrected chi connectivity index (χ2v) is 11.6. The van der Waals surface area contributed by atoms with Gasteiger partial charge in [0.05, 0.1) is 16.3 Å². The largest absolute Gasteiger partial charge is 0.486 e. The molecule has 1 heterocycles. The summed E-state index contributed by atoms with van der Waals surface area (Å²) in [4.78, 5) is 12.8. The number of hydrogen-bond acceptors (Lipinski definition) is 7. The van der Waals surface area contributed by atoms with Gasteiger partial charge in [-0.15, -0.1) is 0 Å². The molecule has 0 aliphatic carbocycles. The van der Waals surface area contributed by atoms with Crippen molar-refractivity contribution in [2.75, 3.05) is 39.9 Å². The fourth-order valence-electron chi connectivity index (χ4n) is 3.46. The van der Waals surface area contributed by atoms with Gasteiger partial charge in [0, 0.05) is 17.4 Å². The van der Waals surface area contributed by atoms with Crippen LogP contribution in [0.2, 0.25) is 0 Å². The molecule has 0 aromatic heterocycles. The lowest BCUT2D eigenvalue weighted by Crippen LogP contribution is -2.39. The van der Waals surface area contributed by atoms with E-state index >= 15 is 0 Å². The van der Waals surface area contributed by atoms with Gasteiger partial charge in [-0.05, 0) is 55.5 Å². The summed E-state index contributed by atoms with van der Waals surface area (Å²) >= 11 is 0. The van der Waals surface area contributed by atoms with Crippen molar-refractivity contribution >= 4 is 43.0 Å². The summed E-state index contributed by atoms with van der Waals surface area (Å²) in [5, 5.41) is 2.61. The summed E-state index contributed by atoms with van der Waals surface area (Å²) < 4.78 is 65.2. The zero-order valence-electron chi connectivity index (χ0n) is 19.4. The fraction of sp³-hybridized carbons (Fsp3) is 0.208. The van der Waals surface area contributed by atoms with Crippen LogP contribution in [0.4, 0.5) is 17.1 Å². The standard InChI is InChI=1S/C24H25N3O7S2/c1-2-35(29,30)27(20-10-13-22-23(16-20)34-15-14-33-22)17-24(28)25-18-8-11-21(12-9-18)36(31,32)26-19-6-4-3-5-7-19/h3-13,16,26H,2,14-15,17H2,1H3,(H,25,28). The Balaban J connectivity index is 1.48. The summed E-state index contributed by atoms with van der Waals surface area (Å²) in [6, 6.07) is 18.7. The first kappa shape index (κ1) is 25.3. The smallest absolute Gasteiger partial charge is 0.261 e. The average molecular weight is 532 g/mol. The molecule has 1 amide bonds. The predicted octanol–water partition coefficient (Wildman–Crippen LogP) is 3.05. The summed E-state index contributed by atoms with van der Waals surface area (Å²) in [6.07, 6.45) is 0. The van der Waals surface area contributed by atoms with Crippen molar-refractivity contribution in [1.82, 2.24) is 0 Å². The number of amides is 1. The highest BCUT2D eigenvalue weighted by Gasteiger charge is 2.25. The number of sulfonamides is 2. The van der Waals surface area contributed by atoms with Gasteiger partial charge >= 0.3 is 0 Å². The van der Waals surface area contributed by atoms with E-state index in [4.69, 9.17) is 9.47 Å². The molecule has 4 rings (SSSR count). The van der Waals surface area contributed by atoms with Crippen molar-refractivity contribution in [1.29, 1.82) is 0 Å². The van der Waals surface area contributed by atoms with Gasteiger partial charge in [-0.1, -0.05) is 18.2 Å². The molecular formula is C24H25N3O7S2. The molecule has 3 aromatic rings.